The van der Waals surface area contributed by atoms with Gasteiger partial charge in [0.15, 0.2) is 5.78 Å². The van der Waals surface area contributed by atoms with Gasteiger partial charge in [0.1, 0.15) is 0 Å². The van der Waals surface area contributed by atoms with Crippen LogP contribution in [0.5, 0.6) is 0 Å². The first-order chi connectivity index (χ1) is 6.16. The molecule has 0 N–H and O–H groups in total. The largest absolute Gasteiger partial charge is 0.295 e. The van der Waals surface area contributed by atoms with Crippen LogP contribution >= 0.6 is 0 Å². The van der Waals surface area contributed by atoms with E-state index in [-0.39, 0.29) is 0 Å². The fraction of sp³-hybridized carbons (Fsp3) is 0.583. The molecule has 2 unspecified atom stereocenters. The number of hydrogen-bond donors (Lipinski definition) is 0. The number of fused-ring (bicyclic) bond motifs is 2. The van der Waals surface area contributed by atoms with Gasteiger partial charge >= 0.3 is 0 Å². The average molecular weight is 176 g/mol. The number of ketones is 1. The Kier molecular flexibility index (Phi) is 2.10. The van der Waals surface area contributed by atoms with E-state index < -0.39 is 0 Å². The lowest BCUT2D eigenvalue weighted by atomic mass is 9.79. The van der Waals surface area contributed by atoms with Crippen LogP contribution in [0, 0.1) is 11.8 Å². The first-order valence-electron chi connectivity index (χ1n) is 5.04. The van der Waals surface area contributed by atoms with E-state index in [1.807, 2.05) is 6.08 Å². The van der Waals surface area contributed by atoms with Crippen molar-refractivity contribution < 1.29 is 4.79 Å². The molecule has 0 amide bonds. The summed E-state index contributed by atoms with van der Waals surface area (Å²) < 4.78 is 0. The van der Waals surface area contributed by atoms with Crippen LogP contribution in [0.3, 0.4) is 0 Å². The van der Waals surface area contributed by atoms with Gasteiger partial charge in [-0.1, -0.05) is 17.2 Å². The number of allylic oxidation sites excluding steroid dienone is 4. The normalized spacial score (nSPS) is 33.5. The van der Waals surface area contributed by atoms with Crippen molar-refractivity contribution in [1.82, 2.24) is 0 Å². The summed E-state index contributed by atoms with van der Waals surface area (Å²) in [5.41, 5.74) is 2.71. The molecule has 2 rings (SSSR count). The molecule has 0 saturated carbocycles. The quantitative estimate of drug-likeness (QED) is 0.519. The van der Waals surface area contributed by atoms with Crippen molar-refractivity contribution in [3.63, 3.8) is 0 Å². The van der Waals surface area contributed by atoms with Gasteiger partial charge in [0.2, 0.25) is 0 Å². The van der Waals surface area contributed by atoms with E-state index in [4.69, 9.17) is 0 Å². The Bertz CT molecular complexity index is 296. The summed E-state index contributed by atoms with van der Waals surface area (Å²) in [6.07, 6.45) is 7.23. The van der Waals surface area contributed by atoms with Gasteiger partial charge in [0, 0.05) is 6.42 Å². The molecular weight excluding hydrogens is 160 g/mol. The van der Waals surface area contributed by atoms with E-state index in [9.17, 15) is 4.79 Å². The SMILES string of the molecule is CC1=CC(=O)CC2CC1CC=C2C. The molecule has 13 heavy (non-hydrogen) atoms. The predicted octanol–water partition coefficient (Wildman–Crippen LogP) is 2.88. The van der Waals surface area contributed by atoms with Crippen molar-refractivity contribution in [2.45, 2.75) is 33.1 Å². The van der Waals surface area contributed by atoms with Crippen LogP contribution in [0.1, 0.15) is 33.1 Å². The van der Waals surface area contributed by atoms with Gasteiger partial charge in [0.25, 0.3) is 0 Å². The number of carbonyl (C=O) groups is 1. The fourth-order valence-corrected chi connectivity index (χ4v) is 2.41. The molecule has 2 aliphatic rings. The topological polar surface area (TPSA) is 17.1 Å². The van der Waals surface area contributed by atoms with Crippen molar-refractivity contribution in [1.29, 1.82) is 0 Å². The van der Waals surface area contributed by atoms with Crippen molar-refractivity contribution in [3.8, 4) is 0 Å². The van der Waals surface area contributed by atoms with Crippen LogP contribution in [0.15, 0.2) is 23.3 Å². The first-order valence-corrected chi connectivity index (χ1v) is 5.04. The number of rotatable bonds is 0. The van der Waals surface area contributed by atoms with Gasteiger partial charge in [-0.15, -0.1) is 0 Å². The molecule has 2 bridgehead atoms. The van der Waals surface area contributed by atoms with Gasteiger partial charge < -0.3 is 0 Å². The maximum Gasteiger partial charge on any atom is 0.156 e. The van der Waals surface area contributed by atoms with E-state index in [0.717, 1.165) is 12.8 Å². The maximum absolute atomic E-state index is 11.5. The van der Waals surface area contributed by atoms with E-state index in [2.05, 4.69) is 19.9 Å². The third-order valence-electron chi connectivity index (χ3n) is 3.42. The second kappa shape index (κ2) is 3.13. The third kappa shape index (κ3) is 1.60. The monoisotopic (exact) mass is 176 g/mol. The maximum atomic E-state index is 11.5. The lowest BCUT2D eigenvalue weighted by Crippen LogP contribution is -2.14. The van der Waals surface area contributed by atoms with Gasteiger partial charge in [-0.2, -0.15) is 0 Å². The van der Waals surface area contributed by atoms with Crippen LogP contribution in [0.25, 0.3) is 0 Å². The minimum Gasteiger partial charge on any atom is -0.295 e. The molecule has 0 heterocycles. The average Bonchev–Trinajstić information content (AvgIpc) is 2.18. The Labute approximate surface area is 79.5 Å². The van der Waals surface area contributed by atoms with Gasteiger partial charge in [-0.3, -0.25) is 4.79 Å². The summed E-state index contributed by atoms with van der Waals surface area (Å²) in [7, 11) is 0. The van der Waals surface area contributed by atoms with Crippen molar-refractivity contribution in [2.24, 2.45) is 11.8 Å². The molecule has 0 aliphatic heterocycles. The summed E-state index contributed by atoms with van der Waals surface area (Å²) in [5, 5.41) is 0. The zero-order chi connectivity index (χ0) is 9.42. The number of carbonyl (C=O) groups excluding carboxylic acids is 1. The highest BCUT2D eigenvalue weighted by molar-refractivity contribution is 5.91. The molecule has 0 radical (unpaired) electrons. The predicted molar refractivity (Wildman–Crippen MR) is 53.4 cm³/mol. The lowest BCUT2D eigenvalue weighted by molar-refractivity contribution is -0.115. The first kappa shape index (κ1) is 8.74. The molecule has 2 aliphatic carbocycles. The molecule has 0 fully saturated rings. The molecule has 0 saturated heterocycles. The molecule has 2 atom stereocenters. The van der Waals surface area contributed by atoms with Crippen LogP contribution < -0.4 is 0 Å². The summed E-state index contributed by atoms with van der Waals surface area (Å²) in [6, 6.07) is 0. The van der Waals surface area contributed by atoms with Crippen molar-refractivity contribution >= 4 is 5.78 Å². The van der Waals surface area contributed by atoms with E-state index in [1.54, 1.807) is 0 Å². The highest BCUT2D eigenvalue weighted by Gasteiger charge is 2.27. The van der Waals surface area contributed by atoms with Crippen LogP contribution in [0.4, 0.5) is 0 Å². The Morgan fingerprint density at radius 1 is 1.23 bits per heavy atom. The number of hydrogen-bond acceptors (Lipinski definition) is 1. The minimum absolute atomic E-state index is 0.319. The Morgan fingerprint density at radius 2 is 2.00 bits per heavy atom. The van der Waals surface area contributed by atoms with E-state index >= 15 is 0 Å². The Balaban J connectivity index is 2.32. The molecular formula is C12H16O. The molecule has 70 valence electrons. The molecule has 0 aromatic rings. The summed E-state index contributed by atoms with van der Waals surface area (Å²) in [6.45, 7) is 4.26. The Hall–Kier alpha value is -0.850. The molecule has 0 aromatic carbocycles. The summed E-state index contributed by atoms with van der Waals surface area (Å²) in [4.78, 5) is 11.5. The van der Waals surface area contributed by atoms with Crippen LogP contribution in [-0.4, -0.2) is 5.78 Å². The smallest absolute Gasteiger partial charge is 0.156 e. The second-order valence-electron chi connectivity index (χ2n) is 4.37. The van der Waals surface area contributed by atoms with Crippen LogP contribution in [-0.2, 0) is 4.79 Å². The summed E-state index contributed by atoms with van der Waals surface area (Å²) >= 11 is 0. The Morgan fingerprint density at radius 3 is 2.77 bits per heavy atom. The highest BCUT2D eigenvalue weighted by atomic mass is 16.1. The van der Waals surface area contributed by atoms with Gasteiger partial charge in [0.05, 0.1) is 0 Å². The van der Waals surface area contributed by atoms with Crippen molar-refractivity contribution in [3.05, 3.63) is 23.3 Å². The van der Waals surface area contributed by atoms with E-state index in [0.29, 0.717) is 17.6 Å². The molecule has 0 aromatic heterocycles. The standard InChI is InChI=1S/C12H16O/c1-8-3-4-10-6-11(8)7-12(13)5-9(10)2/h3,5,10-11H,4,6-7H2,1-2H3. The molecule has 1 heteroatoms. The van der Waals surface area contributed by atoms with Crippen molar-refractivity contribution in [2.75, 3.05) is 0 Å². The molecule has 0 spiro atoms. The minimum atomic E-state index is 0.319. The fourth-order valence-electron chi connectivity index (χ4n) is 2.41. The second-order valence-corrected chi connectivity index (χ2v) is 4.37. The summed E-state index contributed by atoms with van der Waals surface area (Å²) in [5.74, 6) is 1.49. The highest BCUT2D eigenvalue weighted by Crippen LogP contribution is 2.37. The van der Waals surface area contributed by atoms with Crippen LogP contribution in [0.2, 0.25) is 0 Å². The third-order valence-corrected chi connectivity index (χ3v) is 3.42. The zero-order valence-electron chi connectivity index (χ0n) is 8.34. The van der Waals surface area contributed by atoms with Gasteiger partial charge in [-0.05, 0) is 44.6 Å². The lowest BCUT2D eigenvalue weighted by Gasteiger charge is -2.26. The molecule has 1 nitrogen and oxygen atoms in total. The van der Waals surface area contributed by atoms with Gasteiger partial charge in [-0.25, -0.2) is 0 Å². The zero-order valence-corrected chi connectivity index (χ0v) is 8.34. The van der Waals surface area contributed by atoms with E-state index in [1.165, 1.54) is 17.6 Å².